The molecule has 1 saturated heterocycles. The number of methoxy groups -OCH3 is 1. The molecule has 1 aliphatic heterocycles. The molecule has 0 atom stereocenters. The Morgan fingerprint density at radius 2 is 2.00 bits per heavy atom. The van der Waals surface area contributed by atoms with E-state index in [1.807, 2.05) is 6.08 Å². The van der Waals surface area contributed by atoms with E-state index in [1.165, 1.54) is 12.4 Å². The second-order valence-corrected chi connectivity index (χ2v) is 7.62. The van der Waals surface area contributed by atoms with Gasteiger partial charge in [0.2, 0.25) is 0 Å². The molecule has 3 aromatic rings. The molecule has 0 radical (unpaired) electrons. The molecule has 0 unspecified atom stereocenters. The Morgan fingerprint density at radius 3 is 2.78 bits per heavy atom. The highest BCUT2D eigenvalue weighted by Crippen LogP contribution is 2.35. The molecule has 1 aromatic heterocycles. The van der Waals surface area contributed by atoms with Gasteiger partial charge in [0.25, 0.3) is 0 Å². The Labute approximate surface area is 190 Å². The largest absolute Gasteiger partial charge is 0.493 e. The fraction of sp³-hybridized carbons (Fsp3) is 0.304. The number of fused-ring (bicyclic) bond motifs is 1. The first-order chi connectivity index (χ1) is 15.6. The monoisotopic (exact) mass is 458 g/mol. The number of halogens is 2. The molecule has 2 heterocycles. The van der Waals surface area contributed by atoms with Crippen molar-refractivity contribution >= 4 is 34.0 Å². The third kappa shape index (κ3) is 5.45. The lowest BCUT2D eigenvalue weighted by molar-refractivity contribution is 0.0434. The number of nitrogens with one attached hydrogen (secondary N) is 1. The second kappa shape index (κ2) is 10.6. The number of hydrogen-bond donors (Lipinski definition) is 1. The molecule has 2 aromatic carbocycles. The number of nitrogens with zero attached hydrogens (tertiary/aromatic N) is 3. The third-order valence-corrected chi connectivity index (χ3v) is 5.31. The van der Waals surface area contributed by atoms with E-state index in [0.717, 1.165) is 32.8 Å². The Bertz CT molecular complexity index is 1110. The fourth-order valence-electron chi connectivity index (χ4n) is 3.37. The molecular weight excluding hydrogens is 435 g/mol. The van der Waals surface area contributed by atoms with Gasteiger partial charge in [-0.15, -0.1) is 0 Å². The summed E-state index contributed by atoms with van der Waals surface area (Å²) in [6.07, 6.45) is 5.48. The Balaban J connectivity index is 1.48. The lowest BCUT2D eigenvalue weighted by Crippen LogP contribution is -2.36. The van der Waals surface area contributed by atoms with Crippen molar-refractivity contribution < 1.29 is 18.6 Å². The average molecular weight is 459 g/mol. The van der Waals surface area contributed by atoms with Gasteiger partial charge < -0.3 is 19.5 Å². The first kappa shape index (κ1) is 22.3. The number of anilines is 2. The zero-order valence-electron chi connectivity index (χ0n) is 17.7. The van der Waals surface area contributed by atoms with Crippen LogP contribution >= 0.6 is 11.6 Å². The van der Waals surface area contributed by atoms with Crippen molar-refractivity contribution in [2.75, 3.05) is 51.9 Å². The Morgan fingerprint density at radius 1 is 1.16 bits per heavy atom. The minimum atomic E-state index is -0.472. The first-order valence-corrected chi connectivity index (χ1v) is 10.6. The van der Waals surface area contributed by atoms with Crippen LogP contribution in [-0.4, -0.2) is 61.4 Å². The molecule has 0 amide bonds. The SMILES string of the molecule is COc1cc2c(Nc3ccc(Cl)cc3F)ncnc2cc1OCC=CCN1CCOCC1. The summed E-state index contributed by atoms with van der Waals surface area (Å²) in [5.41, 5.74) is 0.907. The molecule has 0 bridgehead atoms. The Hall–Kier alpha value is -2.94. The van der Waals surface area contributed by atoms with E-state index in [9.17, 15) is 4.39 Å². The van der Waals surface area contributed by atoms with Gasteiger partial charge in [0.05, 0.1) is 31.5 Å². The van der Waals surface area contributed by atoms with Crippen molar-refractivity contribution in [1.82, 2.24) is 14.9 Å². The maximum absolute atomic E-state index is 14.2. The zero-order chi connectivity index (χ0) is 22.3. The summed E-state index contributed by atoms with van der Waals surface area (Å²) >= 11 is 5.84. The quantitative estimate of drug-likeness (QED) is 0.500. The van der Waals surface area contributed by atoms with Gasteiger partial charge in [-0.1, -0.05) is 23.8 Å². The Kier molecular flexibility index (Phi) is 7.36. The molecule has 168 valence electrons. The van der Waals surface area contributed by atoms with E-state index in [0.29, 0.717) is 39.8 Å². The van der Waals surface area contributed by atoms with Crippen molar-refractivity contribution in [3.8, 4) is 11.5 Å². The van der Waals surface area contributed by atoms with E-state index in [2.05, 4.69) is 26.3 Å². The van der Waals surface area contributed by atoms with Gasteiger partial charge in [0.15, 0.2) is 11.5 Å². The number of rotatable bonds is 8. The molecule has 1 aliphatic rings. The molecule has 32 heavy (non-hydrogen) atoms. The molecule has 7 nitrogen and oxygen atoms in total. The lowest BCUT2D eigenvalue weighted by atomic mass is 10.2. The topological polar surface area (TPSA) is 68.7 Å². The van der Waals surface area contributed by atoms with Crippen LogP contribution in [0.1, 0.15) is 0 Å². The predicted molar refractivity (Wildman–Crippen MR) is 123 cm³/mol. The van der Waals surface area contributed by atoms with Crippen LogP contribution < -0.4 is 14.8 Å². The van der Waals surface area contributed by atoms with Crippen LogP contribution in [0.3, 0.4) is 0 Å². The average Bonchev–Trinajstić information content (AvgIpc) is 2.81. The van der Waals surface area contributed by atoms with E-state index >= 15 is 0 Å². The minimum absolute atomic E-state index is 0.263. The molecule has 0 saturated carbocycles. The highest BCUT2D eigenvalue weighted by Gasteiger charge is 2.13. The summed E-state index contributed by atoms with van der Waals surface area (Å²) in [5, 5.41) is 4.00. The maximum Gasteiger partial charge on any atom is 0.163 e. The summed E-state index contributed by atoms with van der Waals surface area (Å²) in [6.45, 7) is 4.72. The molecule has 0 spiro atoms. The van der Waals surface area contributed by atoms with Gasteiger partial charge in [-0.2, -0.15) is 0 Å². The van der Waals surface area contributed by atoms with Crippen LogP contribution in [0.2, 0.25) is 5.02 Å². The highest BCUT2D eigenvalue weighted by atomic mass is 35.5. The highest BCUT2D eigenvalue weighted by molar-refractivity contribution is 6.30. The van der Waals surface area contributed by atoms with Gasteiger partial charge in [-0.05, 0) is 24.3 Å². The van der Waals surface area contributed by atoms with Gasteiger partial charge in [-0.25, -0.2) is 14.4 Å². The predicted octanol–water partition coefficient (Wildman–Crippen LogP) is 4.44. The minimum Gasteiger partial charge on any atom is -0.493 e. The molecule has 1 N–H and O–H groups in total. The maximum atomic E-state index is 14.2. The van der Waals surface area contributed by atoms with Crippen LogP contribution in [0.15, 0.2) is 48.8 Å². The first-order valence-electron chi connectivity index (χ1n) is 10.3. The number of morpholine rings is 1. The molecular formula is C23H24ClFN4O3. The number of aromatic nitrogens is 2. The summed E-state index contributed by atoms with van der Waals surface area (Å²) in [5.74, 6) is 1.08. The summed E-state index contributed by atoms with van der Waals surface area (Å²) in [4.78, 5) is 10.9. The van der Waals surface area contributed by atoms with E-state index < -0.39 is 5.82 Å². The molecule has 1 fully saturated rings. The van der Waals surface area contributed by atoms with Crippen LogP contribution in [0.25, 0.3) is 10.9 Å². The van der Waals surface area contributed by atoms with Crippen molar-refractivity contribution in [1.29, 1.82) is 0 Å². The summed E-state index contributed by atoms with van der Waals surface area (Å²) in [6, 6.07) is 7.97. The number of ether oxygens (including phenoxy) is 3. The van der Waals surface area contributed by atoms with Crippen LogP contribution in [-0.2, 0) is 4.74 Å². The number of hydrogen-bond acceptors (Lipinski definition) is 7. The van der Waals surface area contributed by atoms with E-state index in [4.69, 9.17) is 25.8 Å². The summed E-state index contributed by atoms with van der Waals surface area (Å²) < 4.78 is 31.0. The van der Waals surface area contributed by atoms with Crippen molar-refractivity contribution in [2.45, 2.75) is 0 Å². The second-order valence-electron chi connectivity index (χ2n) is 7.19. The lowest BCUT2D eigenvalue weighted by Gasteiger charge is -2.25. The van der Waals surface area contributed by atoms with Gasteiger partial charge in [-0.3, -0.25) is 4.90 Å². The zero-order valence-corrected chi connectivity index (χ0v) is 18.4. The molecule has 9 heteroatoms. The van der Waals surface area contributed by atoms with Crippen LogP contribution in [0.4, 0.5) is 15.9 Å². The van der Waals surface area contributed by atoms with Gasteiger partial charge in [0.1, 0.15) is 24.6 Å². The third-order valence-electron chi connectivity index (χ3n) is 5.07. The van der Waals surface area contributed by atoms with Crippen molar-refractivity contribution in [3.05, 3.63) is 59.7 Å². The fourth-order valence-corrected chi connectivity index (χ4v) is 3.53. The molecule has 4 rings (SSSR count). The van der Waals surface area contributed by atoms with Crippen molar-refractivity contribution in [2.24, 2.45) is 0 Å². The van der Waals surface area contributed by atoms with Crippen LogP contribution in [0, 0.1) is 5.82 Å². The number of benzene rings is 2. The standard InChI is InChI=1S/C23H24ClFN4O3/c1-30-21-13-17-20(14-22(21)32-9-3-2-6-29-7-10-31-11-8-29)26-15-27-23(17)28-19-5-4-16(24)12-18(19)25/h2-5,12-15H,6-11H2,1H3,(H,26,27,28). The van der Waals surface area contributed by atoms with Crippen molar-refractivity contribution in [3.63, 3.8) is 0 Å². The smallest absolute Gasteiger partial charge is 0.163 e. The van der Waals surface area contributed by atoms with Crippen LogP contribution in [0.5, 0.6) is 11.5 Å². The van der Waals surface area contributed by atoms with Gasteiger partial charge >= 0.3 is 0 Å². The van der Waals surface area contributed by atoms with E-state index in [1.54, 1.807) is 31.4 Å². The summed E-state index contributed by atoms with van der Waals surface area (Å²) in [7, 11) is 1.57. The normalized spacial score (nSPS) is 14.7. The van der Waals surface area contributed by atoms with Gasteiger partial charge in [0, 0.05) is 36.1 Å². The van der Waals surface area contributed by atoms with E-state index in [-0.39, 0.29) is 5.69 Å². The molecule has 0 aliphatic carbocycles.